The molecular formula is C22H25FN2O3S. The van der Waals surface area contributed by atoms with E-state index in [-0.39, 0.29) is 29.8 Å². The molecule has 1 N–H and O–H groups in total. The maximum Gasteiger partial charge on any atom is 0.251 e. The van der Waals surface area contributed by atoms with Crippen molar-refractivity contribution in [1.82, 2.24) is 9.62 Å². The third kappa shape index (κ3) is 3.81. The molecule has 2 aliphatic rings. The van der Waals surface area contributed by atoms with E-state index in [4.69, 9.17) is 0 Å². The van der Waals surface area contributed by atoms with Crippen molar-refractivity contribution >= 4 is 15.9 Å². The second-order valence-corrected chi connectivity index (χ2v) is 9.95. The second-order valence-electron chi connectivity index (χ2n) is 8.14. The number of fused-ring (bicyclic) bond motifs is 2. The average Bonchev–Trinajstić information content (AvgIpc) is 2.96. The van der Waals surface area contributed by atoms with Gasteiger partial charge in [0.15, 0.2) is 0 Å². The summed E-state index contributed by atoms with van der Waals surface area (Å²) in [5.74, 6) is -0.634. The van der Waals surface area contributed by atoms with E-state index in [1.807, 2.05) is 26.0 Å². The van der Waals surface area contributed by atoms with Crippen molar-refractivity contribution in [3.05, 3.63) is 65.0 Å². The summed E-state index contributed by atoms with van der Waals surface area (Å²) in [6.45, 7) is 3.72. The highest BCUT2D eigenvalue weighted by molar-refractivity contribution is 7.89. The Morgan fingerprint density at radius 1 is 1.03 bits per heavy atom. The van der Waals surface area contributed by atoms with E-state index in [1.54, 1.807) is 10.4 Å². The third-order valence-electron chi connectivity index (χ3n) is 6.01. The van der Waals surface area contributed by atoms with Gasteiger partial charge in [0.2, 0.25) is 10.0 Å². The van der Waals surface area contributed by atoms with Crippen LogP contribution in [0.2, 0.25) is 0 Å². The summed E-state index contributed by atoms with van der Waals surface area (Å²) in [7, 11) is -3.58. The molecule has 4 rings (SSSR count). The zero-order valence-corrected chi connectivity index (χ0v) is 17.4. The van der Waals surface area contributed by atoms with Crippen LogP contribution in [-0.4, -0.2) is 36.8 Å². The number of aryl methyl sites for hydroxylation is 2. The van der Waals surface area contributed by atoms with Gasteiger partial charge >= 0.3 is 0 Å². The van der Waals surface area contributed by atoms with Gasteiger partial charge in [-0.05, 0) is 81.0 Å². The van der Waals surface area contributed by atoms with Crippen LogP contribution < -0.4 is 5.32 Å². The minimum atomic E-state index is -3.58. The Balaban J connectivity index is 1.51. The monoisotopic (exact) mass is 416 g/mol. The number of carbonyl (C=O) groups excluding carboxylic acids is 1. The summed E-state index contributed by atoms with van der Waals surface area (Å²) in [6.07, 6.45) is 2.79. The summed E-state index contributed by atoms with van der Waals surface area (Å²) in [5.41, 5.74) is 2.08. The molecule has 0 saturated carbocycles. The fourth-order valence-corrected chi connectivity index (χ4v) is 6.82. The van der Waals surface area contributed by atoms with Gasteiger partial charge in [-0.25, -0.2) is 12.8 Å². The number of nitrogens with one attached hydrogen (secondary N) is 1. The smallest absolute Gasteiger partial charge is 0.251 e. The van der Waals surface area contributed by atoms with Crippen LogP contribution >= 0.6 is 0 Å². The second kappa shape index (κ2) is 7.54. The molecule has 2 aromatic rings. The van der Waals surface area contributed by atoms with Gasteiger partial charge in [0.25, 0.3) is 5.91 Å². The van der Waals surface area contributed by atoms with E-state index in [1.165, 1.54) is 24.3 Å². The molecule has 2 aliphatic heterocycles. The molecule has 5 nitrogen and oxygen atoms in total. The van der Waals surface area contributed by atoms with Crippen molar-refractivity contribution in [3.8, 4) is 0 Å². The first-order valence-electron chi connectivity index (χ1n) is 9.93. The van der Waals surface area contributed by atoms with E-state index in [2.05, 4.69) is 5.32 Å². The minimum Gasteiger partial charge on any atom is -0.349 e. The lowest BCUT2D eigenvalue weighted by Gasteiger charge is -2.38. The number of carbonyl (C=O) groups is 1. The zero-order chi connectivity index (χ0) is 20.8. The normalized spacial score (nSPS) is 24.4. The molecule has 2 fully saturated rings. The number of nitrogens with zero attached hydrogens (tertiary/aromatic N) is 1. The van der Waals surface area contributed by atoms with Gasteiger partial charge in [0.1, 0.15) is 5.82 Å². The van der Waals surface area contributed by atoms with Crippen LogP contribution in [0.3, 0.4) is 0 Å². The molecule has 3 atom stereocenters. The number of hydrogen-bond acceptors (Lipinski definition) is 3. The molecule has 1 unspecified atom stereocenters. The van der Waals surface area contributed by atoms with Crippen LogP contribution in [-0.2, 0) is 10.0 Å². The van der Waals surface area contributed by atoms with Crippen LogP contribution in [0.5, 0.6) is 0 Å². The number of amides is 1. The molecule has 154 valence electrons. The van der Waals surface area contributed by atoms with Crippen molar-refractivity contribution in [1.29, 1.82) is 0 Å². The van der Waals surface area contributed by atoms with E-state index in [9.17, 15) is 17.6 Å². The van der Waals surface area contributed by atoms with Gasteiger partial charge in [-0.1, -0.05) is 12.1 Å². The molecule has 29 heavy (non-hydrogen) atoms. The topological polar surface area (TPSA) is 66.5 Å². The highest BCUT2D eigenvalue weighted by Gasteiger charge is 2.47. The number of halogens is 1. The first-order valence-corrected chi connectivity index (χ1v) is 11.4. The van der Waals surface area contributed by atoms with E-state index >= 15 is 0 Å². The molecule has 2 bridgehead atoms. The average molecular weight is 417 g/mol. The highest BCUT2D eigenvalue weighted by Crippen LogP contribution is 2.40. The Morgan fingerprint density at radius 2 is 1.66 bits per heavy atom. The molecule has 0 aliphatic carbocycles. The Labute approximate surface area is 171 Å². The summed E-state index contributed by atoms with van der Waals surface area (Å²) < 4.78 is 41.6. The lowest BCUT2D eigenvalue weighted by atomic mass is 9.99. The summed E-state index contributed by atoms with van der Waals surface area (Å²) in [6, 6.07) is 10.6. The van der Waals surface area contributed by atoms with E-state index in [0.717, 1.165) is 24.0 Å². The van der Waals surface area contributed by atoms with Crippen LogP contribution in [0.25, 0.3) is 0 Å². The summed E-state index contributed by atoms with van der Waals surface area (Å²) in [4.78, 5) is 12.9. The fourth-order valence-electron chi connectivity index (χ4n) is 4.61. The van der Waals surface area contributed by atoms with Crippen LogP contribution in [0, 0.1) is 19.7 Å². The third-order valence-corrected chi connectivity index (χ3v) is 8.15. The Morgan fingerprint density at radius 3 is 2.28 bits per heavy atom. The van der Waals surface area contributed by atoms with Crippen LogP contribution in [0.15, 0.2) is 47.4 Å². The van der Waals surface area contributed by atoms with Crippen molar-refractivity contribution in [2.45, 2.75) is 62.6 Å². The maximum atomic E-state index is 13.4. The zero-order valence-electron chi connectivity index (χ0n) is 16.6. The molecule has 0 radical (unpaired) electrons. The van der Waals surface area contributed by atoms with Crippen molar-refractivity contribution in [3.63, 3.8) is 0 Å². The number of benzene rings is 2. The quantitative estimate of drug-likeness (QED) is 0.829. The first kappa shape index (κ1) is 20.0. The number of piperidine rings is 1. The first-order chi connectivity index (χ1) is 13.8. The Hall–Kier alpha value is -2.25. The van der Waals surface area contributed by atoms with Gasteiger partial charge in [-0.2, -0.15) is 4.31 Å². The van der Waals surface area contributed by atoms with E-state index in [0.29, 0.717) is 23.3 Å². The maximum absolute atomic E-state index is 13.4. The van der Waals surface area contributed by atoms with Crippen LogP contribution in [0.1, 0.15) is 47.2 Å². The molecule has 2 saturated heterocycles. The van der Waals surface area contributed by atoms with Gasteiger partial charge in [0, 0.05) is 23.7 Å². The SMILES string of the molecule is Cc1ccc(C)c(S(=O)(=O)N2[C@@H]3CC[C@H]2CC(NC(=O)c2ccc(F)cc2)C3)c1. The van der Waals surface area contributed by atoms with Gasteiger partial charge in [0.05, 0.1) is 4.90 Å². The number of hydrogen-bond donors (Lipinski definition) is 1. The lowest BCUT2D eigenvalue weighted by Crippen LogP contribution is -2.52. The van der Waals surface area contributed by atoms with Crippen molar-refractivity contribution in [2.75, 3.05) is 0 Å². The molecule has 2 aromatic carbocycles. The molecule has 1 amide bonds. The summed E-state index contributed by atoms with van der Waals surface area (Å²) in [5, 5.41) is 3.00. The number of sulfonamides is 1. The fraction of sp³-hybridized carbons (Fsp3) is 0.409. The van der Waals surface area contributed by atoms with Gasteiger partial charge in [-0.15, -0.1) is 0 Å². The Kier molecular flexibility index (Phi) is 5.21. The molecule has 2 heterocycles. The summed E-state index contributed by atoms with van der Waals surface area (Å²) >= 11 is 0. The van der Waals surface area contributed by atoms with Gasteiger partial charge in [-0.3, -0.25) is 4.79 Å². The molecule has 0 aromatic heterocycles. The number of rotatable bonds is 4. The highest BCUT2D eigenvalue weighted by atomic mass is 32.2. The predicted molar refractivity (Wildman–Crippen MR) is 109 cm³/mol. The predicted octanol–water partition coefficient (Wildman–Crippen LogP) is 3.56. The molecule has 7 heteroatoms. The van der Waals surface area contributed by atoms with Crippen molar-refractivity contribution < 1.29 is 17.6 Å². The van der Waals surface area contributed by atoms with E-state index < -0.39 is 10.0 Å². The molecular weight excluding hydrogens is 391 g/mol. The van der Waals surface area contributed by atoms with Gasteiger partial charge < -0.3 is 5.32 Å². The molecule has 0 spiro atoms. The van der Waals surface area contributed by atoms with Crippen molar-refractivity contribution in [2.24, 2.45) is 0 Å². The van der Waals surface area contributed by atoms with Crippen LogP contribution in [0.4, 0.5) is 4.39 Å². The lowest BCUT2D eigenvalue weighted by molar-refractivity contribution is 0.0909. The minimum absolute atomic E-state index is 0.0879. The largest absolute Gasteiger partial charge is 0.349 e. The standard InChI is InChI=1S/C22H25FN2O3S/c1-14-3-4-15(2)21(11-14)29(27,28)25-19-9-10-20(25)13-18(12-19)24-22(26)16-5-7-17(23)8-6-16/h3-8,11,18-20H,9-10,12-13H2,1-2H3,(H,24,26)/t18?,19-,20+. The Bertz CT molecular complexity index is 1020.